The molecule has 0 radical (unpaired) electrons. The van der Waals surface area contributed by atoms with Gasteiger partial charge < -0.3 is 16.0 Å². The van der Waals surface area contributed by atoms with E-state index in [0.717, 1.165) is 25.3 Å². The third-order valence-electron chi connectivity index (χ3n) is 2.82. The fraction of sp³-hybridized carbons (Fsp3) is 0.500. The SMILES string of the molecule is CCN(CC)CC(C)N=C(N)Nc1ccccc1. The number of likely N-dealkylation sites (N-methyl/N-ethyl adjacent to an activating group) is 1. The van der Waals surface area contributed by atoms with Crippen LogP contribution in [0, 0.1) is 0 Å². The number of para-hydroxylation sites is 1. The van der Waals surface area contributed by atoms with Gasteiger partial charge in [0.05, 0.1) is 6.04 Å². The molecule has 1 aromatic rings. The number of aliphatic imine (C=N–C) groups is 1. The molecule has 0 aromatic heterocycles. The van der Waals surface area contributed by atoms with Crippen molar-refractivity contribution < 1.29 is 0 Å². The summed E-state index contributed by atoms with van der Waals surface area (Å²) >= 11 is 0. The van der Waals surface area contributed by atoms with Gasteiger partial charge in [0.2, 0.25) is 0 Å². The number of nitrogens with one attached hydrogen (secondary N) is 1. The maximum absolute atomic E-state index is 5.89. The second-order valence-electron chi connectivity index (χ2n) is 4.34. The fourth-order valence-electron chi connectivity index (χ4n) is 1.84. The minimum atomic E-state index is 0.195. The number of nitrogens with two attached hydrogens (primary N) is 1. The van der Waals surface area contributed by atoms with Gasteiger partial charge in [-0.25, -0.2) is 4.99 Å². The molecule has 4 heteroatoms. The third-order valence-corrected chi connectivity index (χ3v) is 2.82. The fourth-order valence-corrected chi connectivity index (χ4v) is 1.84. The molecule has 3 N–H and O–H groups in total. The van der Waals surface area contributed by atoms with E-state index in [2.05, 4.69) is 36.0 Å². The summed E-state index contributed by atoms with van der Waals surface area (Å²) in [5.41, 5.74) is 6.85. The number of nitrogens with zero attached hydrogens (tertiary/aromatic N) is 2. The highest BCUT2D eigenvalue weighted by Crippen LogP contribution is 2.04. The first-order valence-electron chi connectivity index (χ1n) is 6.53. The molecule has 1 atom stereocenters. The van der Waals surface area contributed by atoms with Crippen LogP contribution in [0.3, 0.4) is 0 Å². The molecule has 18 heavy (non-hydrogen) atoms. The number of guanidine groups is 1. The lowest BCUT2D eigenvalue weighted by molar-refractivity contribution is 0.289. The monoisotopic (exact) mass is 248 g/mol. The normalized spacial score (nSPS) is 13.7. The highest BCUT2D eigenvalue weighted by Gasteiger charge is 2.06. The van der Waals surface area contributed by atoms with Crippen LogP contribution in [0.2, 0.25) is 0 Å². The van der Waals surface area contributed by atoms with E-state index in [1.165, 1.54) is 0 Å². The maximum atomic E-state index is 5.89. The van der Waals surface area contributed by atoms with Crippen LogP contribution >= 0.6 is 0 Å². The van der Waals surface area contributed by atoms with Gasteiger partial charge in [-0.05, 0) is 32.1 Å². The molecular weight excluding hydrogens is 224 g/mol. The second kappa shape index (κ2) is 7.71. The molecule has 0 saturated heterocycles. The zero-order chi connectivity index (χ0) is 13.4. The highest BCUT2D eigenvalue weighted by atomic mass is 15.2. The molecule has 100 valence electrons. The smallest absolute Gasteiger partial charge is 0.193 e. The van der Waals surface area contributed by atoms with E-state index in [-0.39, 0.29) is 6.04 Å². The highest BCUT2D eigenvalue weighted by molar-refractivity contribution is 5.92. The molecule has 4 nitrogen and oxygen atoms in total. The molecule has 0 heterocycles. The first-order valence-corrected chi connectivity index (χ1v) is 6.53. The minimum Gasteiger partial charge on any atom is -0.370 e. The molecule has 0 bridgehead atoms. The summed E-state index contributed by atoms with van der Waals surface area (Å²) in [6.07, 6.45) is 0. The Kier molecular flexibility index (Phi) is 6.22. The molecule has 0 spiro atoms. The van der Waals surface area contributed by atoms with E-state index in [9.17, 15) is 0 Å². The van der Waals surface area contributed by atoms with Gasteiger partial charge in [-0.15, -0.1) is 0 Å². The Bertz CT molecular complexity index is 357. The number of hydrogen-bond donors (Lipinski definition) is 2. The summed E-state index contributed by atoms with van der Waals surface area (Å²) in [6.45, 7) is 9.42. The molecule has 0 aliphatic rings. The summed E-state index contributed by atoms with van der Waals surface area (Å²) < 4.78 is 0. The first kappa shape index (κ1) is 14.5. The summed E-state index contributed by atoms with van der Waals surface area (Å²) in [5, 5.41) is 3.09. The van der Waals surface area contributed by atoms with Crippen molar-refractivity contribution in [2.75, 3.05) is 25.0 Å². The third kappa shape index (κ3) is 5.19. The zero-order valence-electron chi connectivity index (χ0n) is 11.6. The number of benzene rings is 1. The van der Waals surface area contributed by atoms with Crippen LogP contribution in [0.15, 0.2) is 35.3 Å². The van der Waals surface area contributed by atoms with Gasteiger partial charge in [0.15, 0.2) is 5.96 Å². The summed E-state index contributed by atoms with van der Waals surface area (Å²) in [5.74, 6) is 0.473. The Morgan fingerprint density at radius 3 is 2.44 bits per heavy atom. The van der Waals surface area contributed by atoms with Crippen LogP contribution in [-0.4, -0.2) is 36.5 Å². The first-order chi connectivity index (χ1) is 8.65. The van der Waals surface area contributed by atoms with Gasteiger partial charge in [-0.3, -0.25) is 0 Å². The minimum absolute atomic E-state index is 0.195. The summed E-state index contributed by atoms with van der Waals surface area (Å²) in [6, 6.07) is 10.0. The second-order valence-corrected chi connectivity index (χ2v) is 4.34. The van der Waals surface area contributed by atoms with E-state index in [1.807, 2.05) is 30.3 Å². The van der Waals surface area contributed by atoms with Crippen molar-refractivity contribution in [1.82, 2.24) is 4.90 Å². The van der Waals surface area contributed by atoms with Gasteiger partial charge in [-0.2, -0.15) is 0 Å². The van der Waals surface area contributed by atoms with Crippen LogP contribution in [0.5, 0.6) is 0 Å². The lowest BCUT2D eigenvalue weighted by Gasteiger charge is -2.20. The van der Waals surface area contributed by atoms with E-state index in [1.54, 1.807) is 0 Å². The Labute approximate surface area is 110 Å². The van der Waals surface area contributed by atoms with E-state index >= 15 is 0 Å². The predicted molar refractivity (Wildman–Crippen MR) is 78.9 cm³/mol. The summed E-state index contributed by atoms with van der Waals surface area (Å²) in [7, 11) is 0. The van der Waals surface area contributed by atoms with Crippen molar-refractivity contribution in [1.29, 1.82) is 0 Å². The molecule has 1 rings (SSSR count). The van der Waals surface area contributed by atoms with Crippen molar-refractivity contribution in [3.05, 3.63) is 30.3 Å². The quantitative estimate of drug-likeness (QED) is 0.599. The number of anilines is 1. The zero-order valence-corrected chi connectivity index (χ0v) is 11.6. The van der Waals surface area contributed by atoms with Crippen molar-refractivity contribution in [3.63, 3.8) is 0 Å². The van der Waals surface area contributed by atoms with Crippen molar-refractivity contribution in [2.45, 2.75) is 26.8 Å². The molecule has 0 saturated carbocycles. The lowest BCUT2D eigenvalue weighted by Crippen LogP contribution is -2.32. The Balaban J connectivity index is 2.50. The van der Waals surface area contributed by atoms with Gasteiger partial charge in [0.1, 0.15) is 0 Å². The van der Waals surface area contributed by atoms with Crippen molar-refractivity contribution in [3.8, 4) is 0 Å². The van der Waals surface area contributed by atoms with E-state index in [0.29, 0.717) is 5.96 Å². The Morgan fingerprint density at radius 1 is 1.28 bits per heavy atom. The predicted octanol–water partition coefficient (Wildman–Crippen LogP) is 2.14. The Morgan fingerprint density at radius 2 is 1.89 bits per heavy atom. The van der Waals surface area contributed by atoms with Crippen molar-refractivity contribution >= 4 is 11.6 Å². The lowest BCUT2D eigenvalue weighted by atomic mass is 10.3. The molecule has 0 amide bonds. The number of rotatable bonds is 6. The molecule has 0 aliphatic heterocycles. The summed E-state index contributed by atoms with van der Waals surface area (Å²) in [4.78, 5) is 6.79. The maximum Gasteiger partial charge on any atom is 0.193 e. The molecular formula is C14H24N4. The van der Waals surface area contributed by atoms with Gasteiger partial charge in [0.25, 0.3) is 0 Å². The van der Waals surface area contributed by atoms with Crippen LogP contribution in [0.4, 0.5) is 5.69 Å². The average molecular weight is 248 g/mol. The number of hydrogen-bond acceptors (Lipinski definition) is 2. The van der Waals surface area contributed by atoms with Crippen LogP contribution in [0.1, 0.15) is 20.8 Å². The largest absolute Gasteiger partial charge is 0.370 e. The average Bonchev–Trinajstić information content (AvgIpc) is 2.36. The van der Waals surface area contributed by atoms with Crippen molar-refractivity contribution in [2.24, 2.45) is 10.7 Å². The van der Waals surface area contributed by atoms with Crippen LogP contribution in [0.25, 0.3) is 0 Å². The van der Waals surface area contributed by atoms with Crippen LogP contribution in [-0.2, 0) is 0 Å². The molecule has 1 aromatic carbocycles. The van der Waals surface area contributed by atoms with Gasteiger partial charge >= 0.3 is 0 Å². The molecule has 0 fully saturated rings. The Hall–Kier alpha value is -1.55. The van der Waals surface area contributed by atoms with Gasteiger partial charge in [-0.1, -0.05) is 32.0 Å². The molecule has 0 aliphatic carbocycles. The van der Waals surface area contributed by atoms with E-state index < -0.39 is 0 Å². The standard InChI is InChI=1S/C14H24N4/c1-4-18(5-2)11-12(3)16-14(15)17-13-9-7-6-8-10-13/h6-10,12H,4-5,11H2,1-3H3,(H3,15,16,17). The van der Waals surface area contributed by atoms with Crippen LogP contribution < -0.4 is 11.1 Å². The molecule has 1 unspecified atom stereocenters. The topological polar surface area (TPSA) is 53.6 Å². The van der Waals surface area contributed by atoms with E-state index in [4.69, 9.17) is 5.73 Å². The van der Waals surface area contributed by atoms with Gasteiger partial charge in [0, 0.05) is 12.2 Å².